The molecule has 1 N–H and O–H groups in total. The summed E-state index contributed by atoms with van der Waals surface area (Å²) in [5.74, 6) is -0.727. The molecule has 9 nitrogen and oxygen atoms in total. The van der Waals surface area contributed by atoms with E-state index < -0.39 is 16.0 Å². The van der Waals surface area contributed by atoms with Crippen LogP contribution in [0.25, 0.3) is 23.0 Å². The smallest absolute Gasteiger partial charge is 0.303 e. The van der Waals surface area contributed by atoms with Crippen molar-refractivity contribution < 1.29 is 23.1 Å². The molecule has 2 saturated heterocycles. The molecule has 3 heterocycles. The van der Waals surface area contributed by atoms with E-state index in [-0.39, 0.29) is 17.2 Å². The zero-order valence-electron chi connectivity index (χ0n) is 23.9. The van der Waals surface area contributed by atoms with Crippen LogP contribution in [0.3, 0.4) is 0 Å². The summed E-state index contributed by atoms with van der Waals surface area (Å²) in [6, 6.07) is 16.4. The number of carbonyl (C=O) groups excluding carboxylic acids is 1. The van der Waals surface area contributed by atoms with Crippen molar-refractivity contribution in [3.8, 4) is 16.9 Å². The van der Waals surface area contributed by atoms with Gasteiger partial charge in [-0.15, -0.1) is 0 Å². The molecule has 0 bridgehead atoms. The number of unbranched alkanes of at least 4 members (excludes halogenated alkanes) is 2. The second-order valence-corrected chi connectivity index (χ2v) is 14.5. The van der Waals surface area contributed by atoms with Crippen LogP contribution >= 0.6 is 24.0 Å². The third-order valence-electron chi connectivity index (χ3n) is 7.56. The molecule has 5 rings (SSSR count). The molecule has 2 aromatic carbocycles. The minimum Gasteiger partial charge on any atom is -0.481 e. The number of nitrogens with zero attached hydrogens (tertiary/aromatic N) is 4. The lowest BCUT2D eigenvalue weighted by Crippen LogP contribution is -2.39. The molecular formula is C31H34N4O5S3. The molecule has 1 amide bonds. The first-order valence-electron chi connectivity index (χ1n) is 14.4. The van der Waals surface area contributed by atoms with E-state index in [0.29, 0.717) is 70.9 Å². The van der Waals surface area contributed by atoms with E-state index in [0.717, 1.165) is 18.5 Å². The fourth-order valence-electron chi connectivity index (χ4n) is 5.30. The zero-order chi connectivity index (χ0) is 30.6. The van der Waals surface area contributed by atoms with Gasteiger partial charge in [0.25, 0.3) is 5.91 Å². The van der Waals surface area contributed by atoms with E-state index in [2.05, 4.69) is 6.92 Å². The van der Waals surface area contributed by atoms with Gasteiger partial charge in [-0.2, -0.15) is 9.40 Å². The van der Waals surface area contributed by atoms with Crippen molar-refractivity contribution in [3.05, 3.63) is 71.3 Å². The monoisotopic (exact) mass is 638 g/mol. The number of hydrogen-bond acceptors (Lipinski definition) is 7. The van der Waals surface area contributed by atoms with Gasteiger partial charge < -0.3 is 5.11 Å². The van der Waals surface area contributed by atoms with Gasteiger partial charge in [-0.25, -0.2) is 13.1 Å². The maximum Gasteiger partial charge on any atom is 0.303 e. The second-order valence-electron chi connectivity index (χ2n) is 10.9. The first kappa shape index (κ1) is 31.1. The molecule has 0 radical (unpaired) electrons. The highest BCUT2D eigenvalue weighted by Gasteiger charge is 2.32. The van der Waals surface area contributed by atoms with Gasteiger partial charge in [-0.1, -0.05) is 67.7 Å². The number of benzene rings is 2. The third-order valence-corrected chi connectivity index (χ3v) is 10.8. The Morgan fingerprint density at radius 1 is 1.14 bits per heavy atom. The third kappa shape index (κ3) is 7.26. The molecule has 226 valence electrons. The van der Waals surface area contributed by atoms with Crippen molar-refractivity contribution in [1.29, 1.82) is 0 Å². The van der Waals surface area contributed by atoms with E-state index in [1.807, 2.05) is 42.6 Å². The summed E-state index contributed by atoms with van der Waals surface area (Å²) in [5, 5.41) is 13.7. The summed E-state index contributed by atoms with van der Waals surface area (Å²) in [7, 11) is -3.68. The number of thioether (sulfide) groups is 1. The average molecular weight is 639 g/mol. The standard InChI is InChI=1S/C31H34N4O5S3/c1-22-10-9-16-33(20-22)43(39,40)26-14-8-11-23(18-26)29-24(21-35(32-29)25-12-4-2-5-13-25)19-27-30(38)34(31(41)42-27)17-7-3-6-15-28(36)37/h2,4-5,8,11-14,18-19,21-22H,3,6-7,9-10,15-17,20H2,1H3,(H,36,37). The van der Waals surface area contributed by atoms with Crippen LogP contribution in [-0.4, -0.2) is 68.3 Å². The van der Waals surface area contributed by atoms with Crippen LogP contribution in [0.4, 0.5) is 0 Å². The van der Waals surface area contributed by atoms with Gasteiger partial charge in [0.05, 0.1) is 15.5 Å². The lowest BCUT2D eigenvalue weighted by Gasteiger charge is -2.30. The maximum atomic E-state index is 13.6. The largest absolute Gasteiger partial charge is 0.481 e. The second kappa shape index (κ2) is 13.5. The highest BCUT2D eigenvalue weighted by atomic mass is 32.2. The number of hydrogen-bond donors (Lipinski definition) is 1. The van der Waals surface area contributed by atoms with Gasteiger partial charge >= 0.3 is 5.97 Å². The van der Waals surface area contributed by atoms with Gasteiger partial charge in [0.2, 0.25) is 10.0 Å². The van der Waals surface area contributed by atoms with Gasteiger partial charge in [0.15, 0.2) is 0 Å². The number of carbonyl (C=O) groups is 2. The number of amides is 1. The van der Waals surface area contributed by atoms with Gasteiger partial charge in [0.1, 0.15) is 10.0 Å². The van der Waals surface area contributed by atoms with Crippen LogP contribution in [0.15, 0.2) is 70.6 Å². The summed E-state index contributed by atoms with van der Waals surface area (Å²) in [6.45, 7) is 3.50. The quantitative estimate of drug-likeness (QED) is 0.159. The topological polar surface area (TPSA) is 113 Å². The Labute approximate surface area is 261 Å². The van der Waals surface area contributed by atoms with Crippen molar-refractivity contribution in [2.75, 3.05) is 19.6 Å². The van der Waals surface area contributed by atoms with Crippen molar-refractivity contribution in [3.63, 3.8) is 0 Å². The van der Waals surface area contributed by atoms with Gasteiger partial charge in [-0.3, -0.25) is 14.5 Å². The maximum absolute atomic E-state index is 13.6. The number of aromatic nitrogens is 2. The fraction of sp³-hybridized carbons (Fsp3) is 0.355. The van der Waals surface area contributed by atoms with E-state index in [4.69, 9.17) is 22.4 Å². The Morgan fingerprint density at radius 2 is 1.93 bits per heavy atom. The highest BCUT2D eigenvalue weighted by Crippen LogP contribution is 2.36. The van der Waals surface area contributed by atoms with E-state index in [1.165, 1.54) is 11.8 Å². The summed E-state index contributed by atoms with van der Waals surface area (Å²) in [6.07, 6.45) is 7.44. The van der Waals surface area contributed by atoms with Crippen molar-refractivity contribution >= 4 is 56.3 Å². The predicted molar refractivity (Wildman–Crippen MR) is 172 cm³/mol. The van der Waals surface area contributed by atoms with E-state index in [1.54, 1.807) is 38.2 Å². The normalized spacial score (nSPS) is 19.0. The minimum absolute atomic E-state index is 0.103. The lowest BCUT2D eigenvalue weighted by molar-refractivity contribution is -0.137. The van der Waals surface area contributed by atoms with Crippen LogP contribution in [0.2, 0.25) is 0 Å². The molecule has 2 aliphatic heterocycles. The van der Waals surface area contributed by atoms with Crippen LogP contribution in [0.1, 0.15) is 51.0 Å². The predicted octanol–water partition coefficient (Wildman–Crippen LogP) is 5.81. The fourth-order valence-corrected chi connectivity index (χ4v) is 8.25. The summed E-state index contributed by atoms with van der Waals surface area (Å²) >= 11 is 6.72. The minimum atomic E-state index is -3.68. The van der Waals surface area contributed by atoms with Crippen LogP contribution < -0.4 is 0 Å². The Bertz CT molecular complexity index is 1650. The number of para-hydroxylation sites is 1. The molecule has 43 heavy (non-hydrogen) atoms. The van der Waals surface area contributed by atoms with Gasteiger partial charge in [0, 0.05) is 43.4 Å². The Morgan fingerprint density at radius 3 is 2.67 bits per heavy atom. The van der Waals surface area contributed by atoms with Crippen LogP contribution in [0.5, 0.6) is 0 Å². The number of aliphatic carboxylic acids is 1. The molecular weight excluding hydrogens is 605 g/mol. The zero-order valence-corrected chi connectivity index (χ0v) is 26.3. The number of carboxylic acids is 1. The molecule has 0 aliphatic carbocycles. The molecule has 1 aromatic heterocycles. The molecule has 0 saturated carbocycles. The first-order valence-corrected chi connectivity index (χ1v) is 17.0. The molecule has 1 atom stereocenters. The van der Waals surface area contributed by atoms with Gasteiger partial charge in [-0.05, 0) is 61.9 Å². The van der Waals surface area contributed by atoms with Crippen molar-refractivity contribution in [1.82, 2.24) is 19.0 Å². The van der Waals surface area contributed by atoms with E-state index >= 15 is 0 Å². The Kier molecular flexibility index (Phi) is 9.80. The summed E-state index contributed by atoms with van der Waals surface area (Å²) in [4.78, 5) is 26.4. The van der Waals surface area contributed by atoms with Crippen LogP contribution in [-0.2, 0) is 19.6 Å². The highest BCUT2D eigenvalue weighted by molar-refractivity contribution is 8.26. The number of carboxylic acid groups (broad SMARTS) is 1. The Balaban J connectivity index is 1.46. The molecule has 12 heteroatoms. The number of thiocarbonyl (C=S) groups is 1. The van der Waals surface area contributed by atoms with E-state index in [9.17, 15) is 18.0 Å². The summed E-state index contributed by atoms with van der Waals surface area (Å²) < 4.78 is 30.9. The molecule has 0 spiro atoms. The molecule has 2 aliphatic rings. The molecule has 1 unspecified atom stereocenters. The number of piperidine rings is 1. The van der Waals surface area contributed by atoms with Crippen molar-refractivity contribution in [2.45, 2.75) is 50.3 Å². The summed E-state index contributed by atoms with van der Waals surface area (Å²) in [5.41, 5.74) is 2.66. The lowest BCUT2D eigenvalue weighted by atomic mass is 10.0. The van der Waals surface area contributed by atoms with Crippen molar-refractivity contribution in [2.24, 2.45) is 5.92 Å². The first-order chi connectivity index (χ1) is 20.6. The molecule has 3 aromatic rings. The Hall–Kier alpha value is -3.32. The van der Waals surface area contributed by atoms with Crippen LogP contribution in [0, 0.1) is 5.92 Å². The number of sulfonamides is 1. The SMILES string of the molecule is CC1CCCN(S(=O)(=O)c2cccc(-c3nn(-c4ccccc4)cc3C=C3SC(=S)N(CCCCCC(=O)O)C3=O)c2)C1. The average Bonchev–Trinajstić information content (AvgIpc) is 3.53. The molecule has 2 fully saturated rings. The number of rotatable bonds is 11.